The van der Waals surface area contributed by atoms with Crippen LogP contribution in [-0.4, -0.2) is 25.2 Å². The van der Waals surface area contributed by atoms with Crippen molar-refractivity contribution in [3.8, 4) is 22.6 Å². The van der Waals surface area contributed by atoms with Crippen LogP contribution in [0.2, 0.25) is 0 Å². The van der Waals surface area contributed by atoms with Crippen LogP contribution in [0.25, 0.3) is 11.1 Å². The van der Waals surface area contributed by atoms with E-state index < -0.39 is 11.9 Å². The Hall–Kier alpha value is -4.06. The third-order valence-electron chi connectivity index (χ3n) is 4.03. The molecule has 6 heteroatoms. The Balaban J connectivity index is 1.75. The van der Waals surface area contributed by atoms with Crippen LogP contribution in [0.15, 0.2) is 98.5 Å². The summed E-state index contributed by atoms with van der Waals surface area (Å²) in [4.78, 5) is 21.8. The number of ether oxygens (including phenoxy) is 4. The van der Waals surface area contributed by atoms with Gasteiger partial charge in [-0.25, -0.2) is 9.59 Å². The van der Waals surface area contributed by atoms with Crippen molar-refractivity contribution in [1.29, 1.82) is 0 Å². The van der Waals surface area contributed by atoms with Gasteiger partial charge in [-0.05, 0) is 47.5 Å². The molecule has 0 heterocycles. The molecule has 2 rings (SSSR count). The number of carbonyl (C=O) groups excluding carboxylic acids is 2. The van der Waals surface area contributed by atoms with Crippen LogP contribution in [0.3, 0.4) is 0 Å². The molecule has 0 fully saturated rings. The van der Waals surface area contributed by atoms with E-state index in [1.807, 2.05) is 48.5 Å². The number of carbonyl (C=O) groups is 2. The first-order valence-corrected chi connectivity index (χ1v) is 10.0. The summed E-state index contributed by atoms with van der Waals surface area (Å²) in [5, 5.41) is 0. The lowest BCUT2D eigenvalue weighted by molar-refractivity contribution is -0.138. The summed E-state index contributed by atoms with van der Waals surface area (Å²) < 4.78 is 20.8. The molecule has 0 unspecified atom stereocenters. The minimum atomic E-state index is -0.435. The highest BCUT2D eigenvalue weighted by atomic mass is 16.5. The van der Waals surface area contributed by atoms with E-state index in [1.165, 1.54) is 0 Å². The van der Waals surface area contributed by atoms with Crippen molar-refractivity contribution in [2.45, 2.75) is 12.8 Å². The number of benzene rings is 2. The molecule has 0 aromatic heterocycles. The summed E-state index contributed by atoms with van der Waals surface area (Å²) in [6, 6.07) is 15.4. The highest BCUT2D eigenvalue weighted by molar-refractivity contribution is 5.81. The molecule has 6 nitrogen and oxygen atoms in total. The molecule has 0 aliphatic carbocycles. The molecule has 0 amide bonds. The highest BCUT2D eigenvalue weighted by Gasteiger charge is 2.00. The maximum Gasteiger partial charge on any atom is 0.330 e. The third kappa shape index (κ3) is 9.17. The normalized spacial score (nSPS) is 10.6. The predicted octanol–water partition coefficient (Wildman–Crippen LogP) is 5.38. The predicted molar refractivity (Wildman–Crippen MR) is 123 cm³/mol. The zero-order chi connectivity index (χ0) is 23.0. The number of rotatable bonds is 13. The van der Waals surface area contributed by atoms with Gasteiger partial charge in [0.05, 0.1) is 25.7 Å². The average Bonchev–Trinajstić information content (AvgIpc) is 2.83. The summed E-state index contributed by atoms with van der Waals surface area (Å²) >= 11 is 0. The van der Waals surface area contributed by atoms with Gasteiger partial charge in [0.15, 0.2) is 0 Å². The van der Waals surface area contributed by atoms with Crippen molar-refractivity contribution in [2.75, 3.05) is 13.2 Å². The van der Waals surface area contributed by atoms with Crippen LogP contribution >= 0.6 is 0 Å². The second-order valence-corrected chi connectivity index (χ2v) is 6.35. The molecule has 0 atom stereocenters. The quantitative estimate of drug-likeness (QED) is 0.182. The molecule has 0 bridgehead atoms. The fraction of sp³-hybridized carbons (Fsp3) is 0.154. The molecule has 2 aromatic rings. The fourth-order valence-corrected chi connectivity index (χ4v) is 2.41. The first-order chi connectivity index (χ1) is 15.6. The van der Waals surface area contributed by atoms with Gasteiger partial charge >= 0.3 is 11.9 Å². The van der Waals surface area contributed by atoms with Crippen molar-refractivity contribution >= 4 is 11.9 Å². The minimum absolute atomic E-state index is 0.282. The Morgan fingerprint density at radius 1 is 0.656 bits per heavy atom. The van der Waals surface area contributed by atoms with Crippen LogP contribution in [0.5, 0.6) is 11.5 Å². The van der Waals surface area contributed by atoms with Crippen LogP contribution in [0.1, 0.15) is 12.8 Å². The lowest BCUT2D eigenvalue weighted by Gasteiger charge is -2.06. The van der Waals surface area contributed by atoms with E-state index >= 15 is 0 Å². The Kier molecular flexibility index (Phi) is 10.6. The van der Waals surface area contributed by atoms with Gasteiger partial charge in [0.1, 0.15) is 11.5 Å². The van der Waals surface area contributed by atoms with E-state index in [4.69, 9.17) is 18.9 Å². The van der Waals surface area contributed by atoms with Gasteiger partial charge in [-0.2, -0.15) is 0 Å². The van der Waals surface area contributed by atoms with Crippen LogP contribution in [-0.2, 0) is 19.1 Å². The van der Waals surface area contributed by atoms with E-state index in [1.54, 1.807) is 24.7 Å². The van der Waals surface area contributed by atoms with Gasteiger partial charge in [0, 0.05) is 25.0 Å². The average molecular weight is 434 g/mol. The van der Waals surface area contributed by atoms with Gasteiger partial charge in [0.25, 0.3) is 0 Å². The smallest absolute Gasteiger partial charge is 0.330 e. The monoisotopic (exact) mass is 434 g/mol. The lowest BCUT2D eigenvalue weighted by Crippen LogP contribution is -2.00. The largest absolute Gasteiger partial charge is 0.465 e. The molecule has 0 N–H and O–H groups in total. The number of hydrogen-bond acceptors (Lipinski definition) is 6. The molecule has 166 valence electrons. The SMILES string of the molecule is C=CC(=O)OCC/C=C/Oc1ccc(-c2ccc(O/C=C/CCOC(=O)C=C)cc2)cc1. The molecular weight excluding hydrogens is 408 g/mol. The molecule has 0 saturated heterocycles. The van der Waals surface area contributed by atoms with E-state index in [0.29, 0.717) is 24.3 Å². The van der Waals surface area contributed by atoms with Crippen molar-refractivity contribution in [3.05, 3.63) is 98.5 Å². The van der Waals surface area contributed by atoms with Gasteiger partial charge < -0.3 is 18.9 Å². The maximum atomic E-state index is 10.9. The second kappa shape index (κ2) is 14.0. The van der Waals surface area contributed by atoms with Crippen molar-refractivity contribution in [3.63, 3.8) is 0 Å². The lowest BCUT2D eigenvalue weighted by atomic mass is 10.1. The van der Waals surface area contributed by atoms with E-state index in [2.05, 4.69) is 13.2 Å². The minimum Gasteiger partial charge on any atom is -0.465 e. The standard InChI is InChI=1S/C26H26O6/c1-3-25(27)31-19-7-5-17-29-23-13-9-21(10-14-23)22-11-15-24(16-12-22)30-18-6-8-20-32-26(28)4-2/h3-6,9-18H,1-2,7-8,19-20H2/b17-5+,18-6+. The van der Waals surface area contributed by atoms with Crippen LogP contribution in [0, 0.1) is 0 Å². The Labute approximate surface area is 188 Å². The number of hydrogen-bond donors (Lipinski definition) is 0. The van der Waals surface area contributed by atoms with E-state index in [9.17, 15) is 9.59 Å². The summed E-state index contributed by atoms with van der Waals surface area (Å²) in [6.45, 7) is 7.23. The first kappa shape index (κ1) is 24.2. The molecule has 2 aromatic carbocycles. The molecule has 0 radical (unpaired) electrons. The Morgan fingerprint density at radius 3 is 1.38 bits per heavy atom. The number of esters is 2. The van der Waals surface area contributed by atoms with Crippen LogP contribution in [0.4, 0.5) is 0 Å². The van der Waals surface area contributed by atoms with E-state index in [-0.39, 0.29) is 13.2 Å². The molecule has 32 heavy (non-hydrogen) atoms. The molecule has 0 spiro atoms. The van der Waals surface area contributed by atoms with Gasteiger partial charge in [-0.3, -0.25) is 0 Å². The molecule has 0 aliphatic heterocycles. The zero-order valence-corrected chi connectivity index (χ0v) is 17.8. The Morgan fingerprint density at radius 2 is 1.03 bits per heavy atom. The van der Waals surface area contributed by atoms with Gasteiger partial charge in [-0.15, -0.1) is 0 Å². The fourth-order valence-electron chi connectivity index (χ4n) is 2.41. The van der Waals surface area contributed by atoms with Crippen LogP contribution < -0.4 is 9.47 Å². The first-order valence-electron chi connectivity index (χ1n) is 10.0. The summed E-state index contributed by atoms with van der Waals surface area (Å²) in [5.74, 6) is 0.540. The summed E-state index contributed by atoms with van der Waals surface area (Å²) in [7, 11) is 0. The highest BCUT2D eigenvalue weighted by Crippen LogP contribution is 2.24. The summed E-state index contributed by atoms with van der Waals surface area (Å²) in [6.07, 6.45) is 10.1. The molecule has 0 saturated carbocycles. The molecule has 0 aliphatic rings. The third-order valence-corrected chi connectivity index (χ3v) is 4.03. The Bertz CT molecular complexity index is 860. The van der Waals surface area contributed by atoms with Gasteiger partial charge in [-0.1, -0.05) is 37.4 Å². The van der Waals surface area contributed by atoms with Crippen molar-refractivity contribution in [2.24, 2.45) is 0 Å². The van der Waals surface area contributed by atoms with Crippen molar-refractivity contribution in [1.82, 2.24) is 0 Å². The van der Waals surface area contributed by atoms with Gasteiger partial charge in [0.2, 0.25) is 0 Å². The molecular formula is C26H26O6. The van der Waals surface area contributed by atoms with Crippen molar-refractivity contribution < 1.29 is 28.5 Å². The second-order valence-electron chi connectivity index (χ2n) is 6.35. The maximum absolute atomic E-state index is 10.9. The zero-order valence-electron chi connectivity index (χ0n) is 17.8. The van der Waals surface area contributed by atoms with E-state index in [0.717, 1.165) is 23.3 Å². The topological polar surface area (TPSA) is 71.1 Å². The summed E-state index contributed by atoms with van der Waals surface area (Å²) in [5.41, 5.74) is 2.09.